The van der Waals surface area contributed by atoms with Crippen LogP contribution in [0.25, 0.3) is 0 Å². The Kier molecular flexibility index (Phi) is 9.38. The molecule has 0 fully saturated rings. The quantitative estimate of drug-likeness (QED) is 0.617. The summed E-state index contributed by atoms with van der Waals surface area (Å²) in [7, 11) is 0. The van der Waals surface area contributed by atoms with Gasteiger partial charge in [0.1, 0.15) is 6.04 Å². The zero-order chi connectivity index (χ0) is 20.4. The molecule has 2 aromatic rings. The third kappa shape index (κ3) is 7.21. The van der Waals surface area contributed by atoms with E-state index in [9.17, 15) is 9.59 Å². The molecule has 0 radical (unpaired) electrons. The third-order valence-corrected chi connectivity index (χ3v) is 5.52. The zero-order valence-electron chi connectivity index (χ0n) is 16.4. The molecule has 2 amide bonds. The van der Waals surface area contributed by atoms with E-state index in [0.29, 0.717) is 23.9 Å². The summed E-state index contributed by atoms with van der Waals surface area (Å²) in [5.41, 5.74) is 2.08. The Morgan fingerprint density at radius 3 is 2.50 bits per heavy atom. The van der Waals surface area contributed by atoms with Crippen LogP contribution in [0, 0.1) is 0 Å². The van der Waals surface area contributed by atoms with Gasteiger partial charge in [0.15, 0.2) is 0 Å². The molecule has 0 unspecified atom stereocenters. The molecule has 4 nitrogen and oxygen atoms in total. The van der Waals surface area contributed by atoms with Crippen molar-refractivity contribution in [1.29, 1.82) is 0 Å². The number of carbonyl (C=O) groups excluding carboxylic acids is 2. The minimum Gasteiger partial charge on any atom is -0.354 e. The van der Waals surface area contributed by atoms with E-state index < -0.39 is 6.04 Å². The molecule has 150 valence electrons. The lowest BCUT2D eigenvalue weighted by Gasteiger charge is -2.28. The standard InChI is InChI=1S/C22H27ClN2O2S/c1-3-12-24-22(27)17(2)25(14-19-10-7-11-20(23)13-19)21(26)16-28-15-18-8-5-4-6-9-18/h4-11,13,17H,3,12,14-16H2,1-2H3,(H,24,27)/t17-/m0/s1. The Morgan fingerprint density at radius 2 is 1.82 bits per heavy atom. The summed E-state index contributed by atoms with van der Waals surface area (Å²) in [5.74, 6) is 0.889. The first-order chi connectivity index (χ1) is 13.5. The molecule has 2 aromatic carbocycles. The number of nitrogens with zero attached hydrogens (tertiary/aromatic N) is 1. The summed E-state index contributed by atoms with van der Waals surface area (Å²) in [5, 5.41) is 3.50. The number of halogens is 1. The smallest absolute Gasteiger partial charge is 0.242 e. The van der Waals surface area contributed by atoms with E-state index >= 15 is 0 Å². The van der Waals surface area contributed by atoms with Crippen molar-refractivity contribution in [3.05, 3.63) is 70.7 Å². The van der Waals surface area contributed by atoms with Crippen molar-refractivity contribution in [2.75, 3.05) is 12.3 Å². The molecule has 2 rings (SSSR count). The first kappa shape index (κ1) is 22.3. The van der Waals surface area contributed by atoms with E-state index in [-0.39, 0.29) is 11.8 Å². The molecule has 0 aromatic heterocycles. The van der Waals surface area contributed by atoms with Crippen molar-refractivity contribution in [3.63, 3.8) is 0 Å². The van der Waals surface area contributed by atoms with Gasteiger partial charge < -0.3 is 10.2 Å². The molecule has 1 N–H and O–H groups in total. The summed E-state index contributed by atoms with van der Waals surface area (Å²) in [6.07, 6.45) is 0.855. The van der Waals surface area contributed by atoms with Crippen LogP contribution in [-0.4, -0.2) is 35.1 Å². The van der Waals surface area contributed by atoms with E-state index in [1.165, 1.54) is 5.56 Å². The highest BCUT2D eigenvalue weighted by atomic mass is 35.5. The van der Waals surface area contributed by atoms with Crippen LogP contribution in [-0.2, 0) is 21.9 Å². The molecule has 0 aliphatic carbocycles. The van der Waals surface area contributed by atoms with Crippen LogP contribution in [0.2, 0.25) is 5.02 Å². The van der Waals surface area contributed by atoms with E-state index in [1.807, 2.05) is 55.5 Å². The summed E-state index contributed by atoms with van der Waals surface area (Å²) >= 11 is 7.64. The molecule has 1 atom stereocenters. The number of benzene rings is 2. The van der Waals surface area contributed by atoms with Crippen LogP contribution >= 0.6 is 23.4 Å². The second kappa shape index (κ2) is 11.8. The Hall–Kier alpha value is -1.98. The van der Waals surface area contributed by atoms with Crippen molar-refractivity contribution in [2.24, 2.45) is 0 Å². The Labute approximate surface area is 176 Å². The molecule has 0 saturated heterocycles. The first-order valence-corrected chi connectivity index (χ1v) is 11.0. The maximum absolute atomic E-state index is 12.9. The van der Waals surface area contributed by atoms with Gasteiger partial charge in [0, 0.05) is 23.9 Å². The Morgan fingerprint density at radius 1 is 1.11 bits per heavy atom. The molecule has 28 heavy (non-hydrogen) atoms. The molecule has 0 aliphatic rings. The van der Waals surface area contributed by atoms with Crippen molar-refractivity contribution >= 4 is 35.2 Å². The first-order valence-electron chi connectivity index (χ1n) is 9.44. The van der Waals surface area contributed by atoms with Gasteiger partial charge in [-0.2, -0.15) is 0 Å². The average molecular weight is 419 g/mol. The molecule has 0 heterocycles. The fourth-order valence-corrected chi connectivity index (χ4v) is 3.81. The maximum atomic E-state index is 12.9. The topological polar surface area (TPSA) is 49.4 Å². The highest BCUT2D eigenvalue weighted by molar-refractivity contribution is 7.99. The number of thioether (sulfide) groups is 1. The molecule has 0 spiro atoms. The van der Waals surface area contributed by atoms with Crippen LogP contribution in [0.3, 0.4) is 0 Å². The maximum Gasteiger partial charge on any atom is 0.242 e. The molecule has 0 bridgehead atoms. The summed E-state index contributed by atoms with van der Waals surface area (Å²) in [6.45, 7) is 4.73. The minimum absolute atomic E-state index is 0.0555. The highest BCUT2D eigenvalue weighted by Gasteiger charge is 2.25. The number of hydrogen-bond donors (Lipinski definition) is 1. The fraction of sp³-hybridized carbons (Fsp3) is 0.364. The van der Waals surface area contributed by atoms with Crippen LogP contribution in [0.1, 0.15) is 31.4 Å². The van der Waals surface area contributed by atoms with Crippen LogP contribution < -0.4 is 5.32 Å². The van der Waals surface area contributed by atoms with Crippen LogP contribution in [0.4, 0.5) is 0 Å². The number of hydrogen-bond acceptors (Lipinski definition) is 3. The predicted octanol–water partition coefficient (Wildman–Crippen LogP) is 4.52. The van der Waals surface area contributed by atoms with Gasteiger partial charge in [0.25, 0.3) is 0 Å². The lowest BCUT2D eigenvalue weighted by molar-refractivity contribution is -0.138. The van der Waals surface area contributed by atoms with E-state index in [2.05, 4.69) is 5.32 Å². The third-order valence-electron chi connectivity index (χ3n) is 4.30. The zero-order valence-corrected chi connectivity index (χ0v) is 17.9. The van der Waals surface area contributed by atoms with Gasteiger partial charge in [-0.05, 0) is 36.6 Å². The fourth-order valence-electron chi connectivity index (χ4n) is 2.72. The minimum atomic E-state index is -0.546. The van der Waals surface area contributed by atoms with Gasteiger partial charge in [-0.25, -0.2) is 0 Å². The summed E-state index contributed by atoms with van der Waals surface area (Å²) < 4.78 is 0. The largest absolute Gasteiger partial charge is 0.354 e. The average Bonchev–Trinajstić information content (AvgIpc) is 2.70. The van der Waals surface area contributed by atoms with Crippen molar-refractivity contribution in [1.82, 2.24) is 10.2 Å². The van der Waals surface area contributed by atoms with Gasteiger partial charge in [-0.1, -0.05) is 61.0 Å². The number of rotatable bonds is 10. The van der Waals surface area contributed by atoms with Gasteiger partial charge in [0.05, 0.1) is 5.75 Å². The van der Waals surface area contributed by atoms with E-state index in [1.54, 1.807) is 29.7 Å². The number of carbonyl (C=O) groups is 2. The summed E-state index contributed by atoms with van der Waals surface area (Å²) in [6, 6.07) is 16.9. The Bertz CT molecular complexity index is 770. The van der Waals surface area contributed by atoms with E-state index in [0.717, 1.165) is 17.7 Å². The Balaban J connectivity index is 2.04. The highest BCUT2D eigenvalue weighted by Crippen LogP contribution is 2.17. The summed E-state index contributed by atoms with van der Waals surface area (Å²) in [4.78, 5) is 27.0. The van der Waals surface area contributed by atoms with Crippen molar-refractivity contribution in [2.45, 2.75) is 38.6 Å². The number of nitrogens with one attached hydrogen (secondary N) is 1. The van der Waals surface area contributed by atoms with Crippen LogP contribution in [0.15, 0.2) is 54.6 Å². The van der Waals surface area contributed by atoms with Gasteiger partial charge in [0.2, 0.25) is 11.8 Å². The van der Waals surface area contributed by atoms with Crippen LogP contribution in [0.5, 0.6) is 0 Å². The molecule has 6 heteroatoms. The molecular weight excluding hydrogens is 392 g/mol. The number of amides is 2. The lowest BCUT2D eigenvalue weighted by Crippen LogP contribution is -2.48. The monoisotopic (exact) mass is 418 g/mol. The van der Waals surface area contributed by atoms with Gasteiger partial charge in [-0.3, -0.25) is 9.59 Å². The van der Waals surface area contributed by atoms with E-state index in [4.69, 9.17) is 11.6 Å². The molecule has 0 saturated carbocycles. The SMILES string of the molecule is CCCNC(=O)[C@H](C)N(Cc1cccc(Cl)c1)C(=O)CSCc1ccccc1. The van der Waals surface area contributed by atoms with Gasteiger partial charge in [-0.15, -0.1) is 11.8 Å². The van der Waals surface area contributed by atoms with Gasteiger partial charge >= 0.3 is 0 Å². The van der Waals surface area contributed by atoms with Crippen molar-refractivity contribution in [3.8, 4) is 0 Å². The van der Waals surface area contributed by atoms with Crippen molar-refractivity contribution < 1.29 is 9.59 Å². The normalized spacial score (nSPS) is 11.7. The molecular formula is C22H27ClN2O2S. The second-order valence-electron chi connectivity index (χ2n) is 6.60. The lowest BCUT2D eigenvalue weighted by atomic mass is 10.1. The second-order valence-corrected chi connectivity index (χ2v) is 8.02. The predicted molar refractivity (Wildman–Crippen MR) is 117 cm³/mol. The molecule has 0 aliphatic heterocycles.